The predicted octanol–water partition coefficient (Wildman–Crippen LogP) is 0.906. The van der Waals surface area contributed by atoms with Crippen LogP contribution in [0.25, 0.3) is 0 Å². The first kappa shape index (κ1) is 9.64. The van der Waals surface area contributed by atoms with Crippen LogP contribution in [0.4, 0.5) is 0 Å². The lowest BCUT2D eigenvalue weighted by Crippen LogP contribution is -2.58. The summed E-state index contributed by atoms with van der Waals surface area (Å²) in [5, 5.41) is 13.1. The van der Waals surface area contributed by atoms with Gasteiger partial charge in [-0.05, 0) is 12.5 Å². The van der Waals surface area contributed by atoms with Gasteiger partial charge in [0.05, 0.1) is 18.7 Å². The highest BCUT2D eigenvalue weighted by molar-refractivity contribution is 7.13. The minimum atomic E-state index is -0.0925. The highest BCUT2D eigenvalue weighted by Gasteiger charge is 2.43. The molecule has 1 aromatic rings. The maximum Gasteiger partial charge on any atom is 0.101 e. The van der Waals surface area contributed by atoms with Crippen LogP contribution in [0.1, 0.15) is 12.0 Å². The molecule has 1 saturated heterocycles. The van der Waals surface area contributed by atoms with Gasteiger partial charge < -0.3 is 0 Å². The van der Waals surface area contributed by atoms with Gasteiger partial charge in [0.25, 0.3) is 0 Å². The van der Waals surface area contributed by atoms with Crippen molar-refractivity contribution in [1.29, 1.82) is 5.26 Å². The van der Waals surface area contributed by atoms with Crippen molar-refractivity contribution in [2.24, 2.45) is 0 Å². The lowest BCUT2D eigenvalue weighted by Gasteiger charge is -2.47. The molecule has 0 N–H and O–H groups in total. The van der Waals surface area contributed by atoms with E-state index >= 15 is 0 Å². The second-order valence-corrected chi connectivity index (χ2v) is 4.66. The summed E-state index contributed by atoms with van der Waals surface area (Å²) in [6, 6.07) is 2.24. The fourth-order valence-corrected chi connectivity index (χ4v) is 2.55. The Hall–Kier alpha value is -0.910. The third kappa shape index (κ3) is 1.43. The van der Waals surface area contributed by atoms with E-state index in [0.717, 1.165) is 18.7 Å². The molecule has 0 saturated carbocycles. The summed E-state index contributed by atoms with van der Waals surface area (Å²) in [7, 11) is 2.65. The number of aryl methyl sites for hydroxylation is 1. The summed E-state index contributed by atoms with van der Waals surface area (Å²) in [6.07, 6.45) is 4.37. The molecule has 1 fully saturated rings. The summed E-state index contributed by atoms with van der Waals surface area (Å²) in [5.41, 5.74) is 1.05. The van der Waals surface area contributed by atoms with Crippen LogP contribution in [-0.2, 0) is 5.54 Å². The van der Waals surface area contributed by atoms with Gasteiger partial charge in [-0.25, -0.2) is 0 Å². The van der Waals surface area contributed by atoms with Crippen molar-refractivity contribution in [3.63, 3.8) is 0 Å². The van der Waals surface area contributed by atoms with Crippen LogP contribution in [0.3, 0.4) is 0 Å². The monoisotopic (exact) mass is 208 g/mol. The number of nitriles is 1. The Labute approximate surface area is 85.8 Å². The molecule has 4 nitrogen and oxygen atoms in total. The zero-order valence-corrected chi connectivity index (χ0v) is 9.30. The minimum absolute atomic E-state index is 0.0925. The molecule has 14 heavy (non-hydrogen) atoms. The van der Waals surface area contributed by atoms with Crippen molar-refractivity contribution in [2.45, 2.75) is 18.9 Å². The smallest absolute Gasteiger partial charge is 0.101 e. The SMILES string of the molecule is Cc1cnn(C2(CC#N)CN(P)C2)c1. The number of nitrogens with zero attached hydrogens (tertiary/aromatic N) is 4. The quantitative estimate of drug-likeness (QED) is 0.678. The Morgan fingerprint density at radius 2 is 2.43 bits per heavy atom. The fourth-order valence-electron chi connectivity index (χ4n) is 1.87. The van der Waals surface area contributed by atoms with Crippen molar-refractivity contribution in [3.05, 3.63) is 18.0 Å². The van der Waals surface area contributed by atoms with Crippen molar-refractivity contribution in [1.82, 2.24) is 14.5 Å². The van der Waals surface area contributed by atoms with Crippen molar-refractivity contribution >= 4 is 9.39 Å². The second kappa shape index (κ2) is 3.34. The zero-order chi connectivity index (χ0) is 10.2. The largest absolute Gasteiger partial charge is 0.282 e. The average molecular weight is 208 g/mol. The molecule has 1 aliphatic heterocycles. The first-order valence-electron chi connectivity index (χ1n) is 4.55. The van der Waals surface area contributed by atoms with Gasteiger partial charge in [0.1, 0.15) is 5.54 Å². The lowest BCUT2D eigenvalue weighted by molar-refractivity contribution is 0.0801. The zero-order valence-electron chi connectivity index (χ0n) is 8.14. The summed E-state index contributed by atoms with van der Waals surface area (Å²) in [4.78, 5) is 0. The molecule has 1 unspecified atom stereocenters. The van der Waals surface area contributed by atoms with E-state index in [-0.39, 0.29) is 5.54 Å². The van der Waals surface area contributed by atoms with Gasteiger partial charge in [0.15, 0.2) is 0 Å². The Bertz CT molecular complexity index is 372. The third-order valence-electron chi connectivity index (χ3n) is 2.60. The minimum Gasteiger partial charge on any atom is -0.282 e. The van der Waals surface area contributed by atoms with Crippen LogP contribution in [-0.4, -0.2) is 27.5 Å². The molecule has 0 aromatic carbocycles. The Kier molecular flexibility index (Phi) is 2.30. The summed E-state index contributed by atoms with van der Waals surface area (Å²) in [6.45, 7) is 3.78. The predicted molar refractivity (Wildman–Crippen MR) is 56.5 cm³/mol. The normalized spacial score (nSPS) is 20.1. The third-order valence-corrected chi connectivity index (χ3v) is 2.97. The van der Waals surface area contributed by atoms with E-state index in [1.54, 1.807) is 0 Å². The maximum atomic E-state index is 8.80. The van der Waals surface area contributed by atoms with Gasteiger partial charge >= 0.3 is 0 Å². The van der Waals surface area contributed by atoms with Crippen LogP contribution in [0.5, 0.6) is 0 Å². The van der Waals surface area contributed by atoms with Crippen molar-refractivity contribution in [3.8, 4) is 6.07 Å². The van der Waals surface area contributed by atoms with E-state index < -0.39 is 0 Å². The summed E-state index contributed by atoms with van der Waals surface area (Å²) >= 11 is 0. The number of aromatic nitrogens is 2. The molecular formula is C9H13N4P. The van der Waals surface area contributed by atoms with E-state index in [1.165, 1.54) is 0 Å². The second-order valence-electron chi connectivity index (χ2n) is 3.93. The Morgan fingerprint density at radius 1 is 1.71 bits per heavy atom. The maximum absolute atomic E-state index is 8.80. The van der Waals surface area contributed by atoms with Gasteiger partial charge in [-0.1, -0.05) is 9.39 Å². The highest BCUT2D eigenvalue weighted by atomic mass is 31.0. The van der Waals surface area contributed by atoms with E-state index in [2.05, 4.69) is 25.2 Å². The Balaban J connectivity index is 2.25. The van der Waals surface area contributed by atoms with E-state index in [0.29, 0.717) is 6.42 Å². The molecule has 2 rings (SSSR count). The number of hydrogen-bond acceptors (Lipinski definition) is 3. The molecule has 1 aliphatic rings. The summed E-state index contributed by atoms with van der Waals surface area (Å²) < 4.78 is 4.06. The molecule has 0 bridgehead atoms. The van der Waals surface area contributed by atoms with Gasteiger partial charge in [0, 0.05) is 19.3 Å². The van der Waals surface area contributed by atoms with Gasteiger partial charge in [-0.3, -0.25) is 9.35 Å². The molecule has 0 radical (unpaired) electrons. The first-order chi connectivity index (χ1) is 6.66. The van der Waals surface area contributed by atoms with Gasteiger partial charge in [-0.2, -0.15) is 10.4 Å². The number of hydrogen-bond donors (Lipinski definition) is 0. The average Bonchev–Trinajstić information content (AvgIpc) is 2.49. The molecule has 0 amide bonds. The fraction of sp³-hybridized carbons (Fsp3) is 0.556. The molecule has 2 heterocycles. The first-order valence-corrected chi connectivity index (χ1v) is 5.06. The topological polar surface area (TPSA) is 44.9 Å². The molecule has 1 aromatic heterocycles. The van der Waals surface area contributed by atoms with Crippen molar-refractivity contribution < 1.29 is 0 Å². The molecule has 1 atom stereocenters. The van der Waals surface area contributed by atoms with Crippen molar-refractivity contribution in [2.75, 3.05) is 13.1 Å². The van der Waals surface area contributed by atoms with Gasteiger partial charge in [-0.15, -0.1) is 0 Å². The Morgan fingerprint density at radius 3 is 2.86 bits per heavy atom. The molecule has 0 spiro atoms. The van der Waals surface area contributed by atoms with Crippen LogP contribution < -0.4 is 0 Å². The van der Waals surface area contributed by atoms with E-state index in [4.69, 9.17) is 5.26 Å². The van der Waals surface area contributed by atoms with Crippen LogP contribution in [0, 0.1) is 18.3 Å². The van der Waals surface area contributed by atoms with Crippen LogP contribution in [0.2, 0.25) is 0 Å². The number of rotatable bonds is 2. The summed E-state index contributed by atoms with van der Waals surface area (Å²) in [5.74, 6) is 0. The van der Waals surface area contributed by atoms with Crippen LogP contribution in [0.15, 0.2) is 12.4 Å². The molecule has 0 aliphatic carbocycles. The highest BCUT2D eigenvalue weighted by Crippen LogP contribution is 2.33. The van der Waals surface area contributed by atoms with E-state index in [1.807, 2.05) is 24.0 Å². The lowest BCUT2D eigenvalue weighted by atomic mass is 9.89. The molecule has 74 valence electrons. The standard InChI is InChI=1S/C9H13N4P/c1-8-4-11-13(5-8)9(2-3-10)6-12(14)7-9/h4-5H,2,6-7,14H2,1H3. The molecule has 5 heteroatoms. The molecular weight excluding hydrogens is 195 g/mol. The van der Waals surface area contributed by atoms with Crippen LogP contribution >= 0.6 is 9.39 Å². The van der Waals surface area contributed by atoms with Gasteiger partial charge in [0.2, 0.25) is 0 Å². The van der Waals surface area contributed by atoms with E-state index in [9.17, 15) is 0 Å².